The van der Waals surface area contributed by atoms with E-state index in [4.69, 9.17) is 4.74 Å². The molecule has 0 saturated carbocycles. The van der Waals surface area contributed by atoms with Crippen LogP contribution in [0.2, 0.25) is 0 Å². The molecule has 0 atom stereocenters. The molecule has 0 rings (SSSR count). The fraction of sp³-hybridized carbons (Fsp3) is 0.875. The number of hydrogen-bond donors (Lipinski definition) is 1. The largest absolute Gasteiger partial charge is 0.377 e. The summed E-state index contributed by atoms with van der Waals surface area (Å²) in [4.78, 5) is 10.9. The summed E-state index contributed by atoms with van der Waals surface area (Å²) in [6.45, 7) is 5.14. The maximum absolute atomic E-state index is 10.9. The predicted octanol–water partition coefficient (Wildman–Crippen LogP) is 1.31. The number of halogens is 1. The third-order valence-electron chi connectivity index (χ3n) is 1.20. The van der Waals surface area contributed by atoms with E-state index in [1.54, 1.807) is 0 Å². The average Bonchev–Trinajstić information content (AvgIpc) is 1.98. The first-order valence-corrected chi connectivity index (χ1v) is 5.23. The van der Waals surface area contributed by atoms with Crippen LogP contribution in [-0.4, -0.2) is 30.5 Å². The van der Waals surface area contributed by atoms with E-state index in [0.29, 0.717) is 24.9 Å². The van der Waals surface area contributed by atoms with Crippen LogP contribution in [0, 0.1) is 0 Å². The molecule has 0 aliphatic rings. The minimum atomic E-state index is 0.0687. The molecule has 1 N–H and O–H groups in total. The summed E-state index contributed by atoms with van der Waals surface area (Å²) in [5.74, 6) is 0.0687. The predicted molar refractivity (Wildman–Crippen MR) is 52.5 cm³/mol. The zero-order chi connectivity index (χ0) is 9.40. The molecule has 0 aromatic rings. The van der Waals surface area contributed by atoms with Gasteiger partial charge in [-0.25, -0.2) is 0 Å². The number of nitrogens with one attached hydrogen (secondary N) is 1. The van der Waals surface area contributed by atoms with Gasteiger partial charge in [-0.05, 0) is 13.8 Å². The van der Waals surface area contributed by atoms with Crippen molar-refractivity contribution in [2.75, 3.05) is 18.5 Å². The molecule has 0 fully saturated rings. The zero-order valence-electron chi connectivity index (χ0n) is 7.60. The average molecular weight is 238 g/mol. The fourth-order valence-electron chi connectivity index (χ4n) is 0.659. The van der Waals surface area contributed by atoms with Gasteiger partial charge in [0.25, 0.3) is 0 Å². The van der Waals surface area contributed by atoms with Crippen LogP contribution in [0.15, 0.2) is 0 Å². The molecule has 0 unspecified atom stereocenters. The Balaban J connectivity index is 3.14. The van der Waals surface area contributed by atoms with E-state index in [0.717, 1.165) is 0 Å². The van der Waals surface area contributed by atoms with Gasteiger partial charge in [0, 0.05) is 18.3 Å². The minimum absolute atomic E-state index is 0.0687. The second kappa shape index (κ2) is 7.55. The van der Waals surface area contributed by atoms with Crippen LogP contribution in [0.4, 0.5) is 0 Å². The lowest BCUT2D eigenvalue weighted by atomic mass is 10.4. The summed E-state index contributed by atoms with van der Waals surface area (Å²) < 4.78 is 5.24. The van der Waals surface area contributed by atoms with Crippen LogP contribution in [0.25, 0.3) is 0 Å². The highest BCUT2D eigenvalue weighted by atomic mass is 79.9. The van der Waals surface area contributed by atoms with Gasteiger partial charge in [0.2, 0.25) is 5.91 Å². The van der Waals surface area contributed by atoms with Crippen molar-refractivity contribution in [2.45, 2.75) is 26.4 Å². The van der Waals surface area contributed by atoms with Gasteiger partial charge < -0.3 is 10.1 Å². The topological polar surface area (TPSA) is 38.3 Å². The zero-order valence-corrected chi connectivity index (χ0v) is 9.19. The van der Waals surface area contributed by atoms with Crippen molar-refractivity contribution in [3.63, 3.8) is 0 Å². The Hall–Kier alpha value is -0.0900. The lowest BCUT2D eigenvalue weighted by Crippen LogP contribution is -2.28. The van der Waals surface area contributed by atoms with Crippen molar-refractivity contribution in [2.24, 2.45) is 0 Å². The first-order chi connectivity index (χ1) is 5.66. The Labute approximate surface area is 82.0 Å². The molecule has 3 nitrogen and oxygen atoms in total. The first-order valence-electron chi connectivity index (χ1n) is 4.11. The Kier molecular flexibility index (Phi) is 7.50. The highest BCUT2D eigenvalue weighted by Crippen LogP contribution is 1.88. The molecule has 0 aliphatic heterocycles. The number of ether oxygens (including phenoxy) is 1. The van der Waals surface area contributed by atoms with E-state index in [1.807, 2.05) is 13.8 Å². The SMILES string of the molecule is CC(C)OCCNC(=O)CCBr. The number of amides is 1. The Morgan fingerprint density at radius 3 is 2.75 bits per heavy atom. The van der Waals surface area contributed by atoms with E-state index in [9.17, 15) is 4.79 Å². The van der Waals surface area contributed by atoms with Gasteiger partial charge in [-0.1, -0.05) is 15.9 Å². The number of carbonyl (C=O) groups is 1. The summed E-state index contributed by atoms with van der Waals surface area (Å²) in [6.07, 6.45) is 0.764. The highest BCUT2D eigenvalue weighted by Gasteiger charge is 1.98. The van der Waals surface area contributed by atoms with Gasteiger partial charge in [0.15, 0.2) is 0 Å². The molecule has 0 aromatic heterocycles. The van der Waals surface area contributed by atoms with Crippen LogP contribution in [0.5, 0.6) is 0 Å². The van der Waals surface area contributed by atoms with Crippen LogP contribution < -0.4 is 5.32 Å². The maximum Gasteiger partial charge on any atom is 0.220 e. The number of rotatable bonds is 6. The fourth-order valence-corrected chi connectivity index (χ4v) is 1.02. The molecule has 0 aromatic carbocycles. The Morgan fingerprint density at radius 2 is 2.25 bits per heavy atom. The van der Waals surface area contributed by atoms with Crippen molar-refractivity contribution in [3.05, 3.63) is 0 Å². The summed E-state index contributed by atoms with van der Waals surface area (Å²) in [5, 5.41) is 3.46. The molecule has 1 amide bonds. The second-order valence-electron chi connectivity index (χ2n) is 2.71. The number of carbonyl (C=O) groups excluding carboxylic acids is 1. The molecule has 12 heavy (non-hydrogen) atoms. The summed E-state index contributed by atoms with van der Waals surface area (Å²) in [5.41, 5.74) is 0. The molecular weight excluding hydrogens is 222 g/mol. The van der Waals surface area contributed by atoms with Crippen molar-refractivity contribution in [1.82, 2.24) is 5.32 Å². The van der Waals surface area contributed by atoms with E-state index in [-0.39, 0.29) is 12.0 Å². The third-order valence-corrected chi connectivity index (χ3v) is 1.59. The summed E-state index contributed by atoms with van der Waals surface area (Å²) >= 11 is 3.19. The number of alkyl halides is 1. The standard InChI is InChI=1S/C8H16BrNO2/c1-7(2)12-6-5-10-8(11)3-4-9/h7H,3-6H2,1-2H3,(H,10,11). The minimum Gasteiger partial charge on any atom is -0.377 e. The van der Waals surface area contributed by atoms with Gasteiger partial charge in [0.1, 0.15) is 0 Å². The van der Waals surface area contributed by atoms with E-state index in [2.05, 4.69) is 21.2 Å². The van der Waals surface area contributed by atoms with E-state index in [1.165, 1.54) is 0 Å². The lowest BCUT2D eigenvalue weighted by molar-refractivity contribution is -0.120. The Morgan fingerprint density at radius 1 is 1.58 bits per heavy atom. The number of hydrogen-bond acceptors (Lipinski definition) is 2. The van der Waals surface area contributed by atoms with E-state index < -0.39 is 0 Å². The molecule has 0 aliphatic carbocycles. The van der Waals surface area contributed by atoms with Crippen LogP contribution in [-0.2, 0) is 9.53 Å². The summed E-state index contributed by atoms with van der Waals surface area (Å²) in [6, 6.07) is 0. The molecule has 0 radical (unpaired) electrons. The molecule has 72 valence electrons. The van der Waals surface area contributed by atoms with Crippen molar-refractivity contribution < 1.29 is 9.53 Å². The van der Waals surface area contributed by atoms with Crippen LogP contribution >= 0.6 is 15.9 Å². The molecule has 0 bridgehead atoms. The normalized spacial score (nSPS) is 10.3. The Bertz CT molecular complexity index is 128. The quantitative estimate of drug-likeness (QED) is 0.559. The van der Waals surface area contributed by atoms with E-state index >= 15 is 0 Å². The van der Waals surface area contributed by atoms with Crippen LogP contribution in [0.3, 0.4) is 0 Å². The monoisotopic (exact) mass is 237 g/mol. The van der Waals surface area contributed by atoms with Gasteiger partial charge in [-0.3, -0.25) is 4.79 Å². The molecule has 0 heterocycles. The second-order valence-corrected chi connectivity index (χ2v) is 3.50. The van der Waals surface area contributed by atoms with Crippen LogP contribution in [0.1, 0.15) is 20.3 Å². The maximum atomic E-state index is 10.9. The van der Waals surface area contributed by atoms with Crippen molar-refractivity contribution >= 4 is 21.8 Å². The van der Waals surface area contributed by atoms with Gasteiger partial charge >= 0.3 is 0 Å². The van der Waals surface area contributed by atoms with Gasteiger partial charge in [0.05, 0.1) is 12.7 Å². The smallest absolute Gasteiger partial charge is 0.220 e. The summed E-state index contributed by atoms with van der Waals surface area (Å²) in [7, 11) is 0. The van der Waals surface area contributed by atoms with Crippen molar-refractivity contribution in [3.8, 4) is 0 Å². The molecule has 0 spiro atoms. The highest BCUT2D eigenvalue weighted by molar-refractivity contribution is 9.09. The first kappa shape index (κ1) is 11.9. The molecule has 0 saturated heterocycles. The molecule has 4 heteroatoms. The third kappa shape index (κ3) is 8.01. The van der Waals surface area contributed by atoms with Gasteiger partial charge in [-0.15, -0.1) is 0 Å². The van der Waals surface area contributed by atoms with Crippen molar-refractivity contribution in [1.29, 1.82) is 0 Å². The van der Waals surface area contributed by atoms with Gasteiger partial charge in [-0.2, -0.15) is 0 Å². The molecular formula is C8H16BrNO2. The lowest BCUT2D eigenvalue weighted by Gasteiger charge is -2.07.